The molecule has 0 N–H and O–H groups in total. The summed E-state index contributed by atoms with van der Waals surface area (Å²) in [4.78, 5) is 29.8. The molecule has 1 atom stereocenters. The van der Waals surface area contributed by atoms with E-state index in [1.807, 2.05) is 58.4 Å². The van der Waals surface area contributed by atoms with E-state index in [1.165, 1.54) is 19.3 Å². The minimum atomic E-state index is -0.186. The van der Waals surface area contributed by atoms with Crippen molar-refractivity contribution in [2.75, 3.05) is 0 Å². The first-order chi connectivity index (χ1) is 20.3. The van der Waals surface area contributed by atoms with Gasteiger partial charge in [-0.2, -0.15) is 5.10 Å². The number of rotatable bonds is 5. The number of benzene rings is 2. The quantitative estimate of drug-likeness (QED) is 0.247. The highest BCUT2D eigenvalue weighted by Crippen LogP contribution is 2.33. The molecule has 7 rings (SSSR count). The van der Waals surface area contributed by atoms with Crippen LogP contribution in [0.2, 0.25) is 5.02 Å². The first-order valence-corrected chi connectivity index (χ1v) is 15.3. The fourth-order valence-electron chi connectivity index (χ4n) is 6.15. The monoisotopic (exact) mass is 645 g/mol. The van der Waals surface area contributed by atoms with E-state index in [4.69, 9.17) is 16.7 Å². The van der Waals surface area contributed by atoms with Crippen LogP contribution in [0.25, 0.3) is 22.7 Å². The molecule has 1 fully saturated rings. The predicted molar refractivity (Wildman–Crippen MR) is 164 cm³/mol. The van der Waals surface area contributed by atoms with Gasteiger partial charge >= 0.3 is 0 Å². The summed E-state index contributed by atoms with van der Waals surface area (Å²) in [6.07, 6.45) is 8.48. The van der Waals surface area contributed by atoms with Crippen molar-refractivity contribution in [3.8, 4) is 17.1 Å². The zero-order chi connectivity index (χ0) is 29.1. The van der Waals surface area contributed by atoms with Crippen molar-refractivity contribution in [3.63, 3.8) is 0 Å². The predicted octanol–water partition coefficient (Wildman–Crippen LogP) is 5.63. The normalized spacial score (nSPS) is 17.0. The molecular weight excluding hydrogens is 618 g/mol. The molecule has 2 aromatic carbocycles. The lowest BCUT2D eigenvalue weighted by Crippen LogP contribution is -2.46. The van der Waals surface area contributed by atoms with E-state index in [9.17, 15) is 9.59 Å². The van der Waals surface area contributed by atoms with Crippen molar-refractivity contribution in [1.29, 1.82) is 0 Å². The minimum Gasteiger partial charge on any atom is -0.330 e. The molecule has 2 aliphatic rings. The number of carbonyl (C=O) groups excluding carboxylic acids is 1. The number of carbonyl (C=O) groups is 1. The third kappa shape index (κ3) is 4.48. The highest BCUT2D eigenvalue weighted by atomic mass is 79.9. The summed E-state index contributed by atoms with van der Waals surface area (Å²) in [6.45, 7) is 2.27. The Bertz CT molecular complexity index is 1910. The maximum atomic E-state index is 14.4. The number of hydrogen-bond acceptors (Lipinski definition) is 5. The lowest BCUT2D eigenvalue weighted by molar-refractivity contribution is 0.0651. The molecule has 0 bridgehead atoms. The van der Waals surface area contributed by atoms with Gasteiger partial charge in [-0.1, -0.05) is 30.9 Å². The average molecular weight is 647 g/mol. The Balaban J connectivity index is 1.35. The molecule has 214 valence electrons. The number of amides is 1. The summed E-state index contributed by atoms with van der Waals surface area (Å²) in [7, 11) is 1.90. The highest BCUT2D eigenvalue weighted by molar-refractivity contribution is 9.10. The Morgan fingerprint density at radius 3 is 2.60 bits per heavy atom. The number of hydrogen-bond donors (Lipinski definition) is 0. The summed E-state index contributed by atoms with van der Waals surface area (Å²) < 4.78 is 6.30. The first kappa shape index (κ1) is 27.1. The summed E-state index contributed by atoms with van der Waals surface area (Å²) in [5.74, 6) is 1.22. The Morgan fingerprint density at radius 1 is 1.14 bits per heavy atom. The molecule has 1 aliphatic heterocycles. The second-order valence-electron chi connectivity index (χ2n) is 11.4. The van der Waals surface area contributed by atoms with Gasteiger partial charge in [-0.15, -0.1) is 10.2 Å². The summed E-state index contributed by atoms with van der Waals surface area (Å²) in [5.41, 5.74) is 5.39. The van der Waals surface area contributed by atoms with Gasteiger partial charge in [0.25, 0.3) is 11.5 Å². The molecule has 0 saturated heterocycles. The SMILES string of the molecule is CC1Cc2c(n3ncc(CC4CCC4)c3n(-c3ccc(-c4nncn4C)cc3)c2=O)CN1C(=O)c1ccc(Br)c(Cl)c1. The average Bonchev–Trinajstić information content (AvgIpc) is 3.58. The fraction of sp³-hybridized carbons (Fsp3) is 0.323. The van der Waals surface area contributed by atoms with E-state index in [-0.39, 0.29) is 24.1 Å². The van der Waals surface area contributed by atoms with Crippen LogP contribution in [-0.4, -0.2) is 45.8 Å². The Kier molecular flexibility index (Phi) is 6.78. The van der Waals surface area contributed by atoms with E-state index in [1.54, 1.807) is 29.1 Å². The van der Waals surface area contributed by atoms with Gasteiger partial charge in [0.15, 0.2) is 5.82 Å². The van der Waals surface area contributed by atoms with Crippen LogP contribution < -0.4 is 5.56 Å². The number of fused-ring (bicyclic) bond motifs is 3. The van der Waals surface area contributed by atoms with Gasteiger partial charge in [0.05, 0.1) is 29.1 Å². The second-order valence-corrected chi connectivity index (χ2v) is 12.7. The number of aryl methyl sites for hydroxylation is 1. The summed E-state index contributed by atoms with van der Waals surface area (Å²) in [5, 5.41) is 13.5. The van der Waals surface area contributed by atoms with E-state index in [0.717, 1.165) is 44.9 Å². The zero-order valence-corrected chi connectivity index (χ0v) is 25.6. The van der Waals surface area contributed by atoms with E-state index in [2.05, 4.69) is 26.1 Å². The molecule has 5 aromatic rings. The van der Waals surface area contributed by atoms with Crippen molar-refractivity contribution >= 4 is 39.1 Å². The van der Waals surface area contributed by atoms with Crippen LogP contribution in [0.3, 0.4) is 0 Å². The molecule has 9 nitrogen and oxygen atoms in total. The molecule has 0 spiro atoms. The Labute approximate surface area is 255 Å². The topological polar surface area (TPSA) is 90.3 Å². The van der Waals surface area contributed by atoms with Crippen LogP contribution in [0.1, 0.15) is 53.4 Å². The molecule has 1 unspecified atom stereocenters. The fourth-order valence-corrected chi connectivity index (χ4v) is 6.57. The highest BCUT2D eigenvalue weighted by Gasteiger charge is 2.34. The van der Waals surface area contributed by atoms with Crippen molar-refractivity contribution in [1.82, 2.24) is 33.8 Å². The molecule has 3 aromatic heterocycles. The van der Waals surface area contributed by atoms with Gasteiger partial charge in [0.2, 0.25) is 0 Å². The van der Waals surface area contributed by atoms with Crippen molar-refractivity contribution in [2.45, 2.75) is 51.6 Å². The molecule has 4 heterocycles. The van der Waals surface area contributed by atoms with E-state index in [0.29, 0.717) is 28.5 Å². The largest absolute Gasteiger partial charge is 0.330 e. The summed E-state index contributed by atoms with van der Waals surface area (Å²) in [6, 6.07) is 12.9. The standard InChI is InChI=1S/C31H29BrClN7O2/c1-18-12-24-27(16-38(18)30(41)21-8-11-25(32)26(33)14-21)40-29(22(15-35-40)13-19-4-3-5-19)39(31(24)42)23-9-6-20(7-10-23)28-36-34-17-37(28)2/h6-11,14-15,17-19H,3-5,12-13,16H2,1-2H3. The third-order valence-corrected chi connectivity index (χ3v) is 9.93. The van der Waals surface area contributed by atoms with Crippen LogP contribution in [0.5, 0.6) is 0 Å². The lowest BCUT2D eigenvalue weighted by Gasteiger charge is -2.35. The van der Waals surface area contributed by atoms with Crippen LogP contribution in [0, 0.1) is 5.92 Å². The smallest absolute Gasteiger partial charge is 0.261 e. The van der Waals surface area contributed by atoms with Crippen molar-refractivity contribution < 1.29 is 4.79 Å². The molecule has 0 radical (unpaired) electrons. The van der Waals surface area contributed by atoms with Crippen LogP contribution in [0.15, 0.2) is 64.3 Å². The molecular formula is C31H29BrClN7O2. The maximum absolute atomic E-state index is 14.4. The molecule has 11 heteroatoms. The minimum absolute atomic E-state index is 0.0649. The van der Waals surface area contributed by atoms with Crippen LogP contribution in [0.4, 0.5) is 0 Å². The van der Waals surface area contributed by atoms with Gasteiger partial charge < -0.3 is 9.47 Å². The Hall–Kier alpha value is -3.76. The zero-order valence-electron chi connectivity index (χ0n) is 23.3. The van der Waals surface area contributed by atoms with Gasteiger partial charge in [0.1, 0.15) is 12.0 Å². The van der Waals surface area contributed by atoms with Gasteiger partial charge in [-0.3, -0.25) is 14.2 Å². The third-order valence-electron chi connectivity index (χ3n) is 8.70. The van der Waals surface area contributed by atoms with Gasteiger partial charge in [-0.05, 0) is 84.1 Å². The van der Waals surface area contributed by atoms with E-state index < -0.39 is 0 Å². The number of halogens is 2. The van der Waals surface area contributed by atoms with Crippen LogP contribution in [-0.2, 0) is 26.4 Å². The molecule has 1 aliphatic carbocycles. The second kappa shape index (κ2) is 10.5. The first-order valence-electron chi connectivity index (χ1n) is 14.1. The molecule has 1 saturated carbocycles. The van der Waals surface area contributed by atoms with Crippen molar-refractivity contribution in [3.05, 3.63) is 97.2 Å². The van der Waals surface area contributed by atoms with Gasteiger partial charge in [0, 0.05) is 39.8 Å². The lowest BCUT2D eigenvalue weighted by atomic mass is 9.81. The molecule has 42 heavy (non-hydrogen) atoms. The maximum Gasteiger partial charge on any atom is 0.261 e. The van der Waals surface area contributed by atoms with Crippen LogP contribution >= 0.6 is 27.5 Å². The Morgan fingerprint density at radius 2 is 1.93 bits per heavy atom. The van der Waals surface area contributed by atoms with Gasteiger partial charge in [-0.25, -0.2) is 4.52 Å². The number of aromatic nitrogens is 6. The van der Waals surface area contributed by atoms with Crippen molar-refractivity contribution in [2.24, 2.45) is 13.0 Å². The molecule has 1 amide bonds. The summed E-state index contributed by atoms with van der Waals surface area (Å²) >= 11 is 9.71. The number of nitrogens with zero attached hydrogens (tertiary/aromatic N) is 7. The van der Waals surface area contributed by atoms with E-state index >= 15 is 0 Å².